The number of imidazole rings is 1. The summed E-state index contributed by atoms with van der Waals surface area (Å²) in [5, 5.41) is 2.84. The Morgan fingerprint density at radius 1 is 1.23 bits per heavy atom. The molecule has 0 saturated carbocycles. The molecule has 0 fully saturated rings. The van der Waals surface area contributed by atoms with Crippen LogP contribution in [0.5, 0.6) is 5.88 Å². The quantitative estimate of drug-likeness (QED) is 0.760. The van der Waals surface area contributed by atoms with Crippen molar-refractivity contribution in [2.45, 2.75) is 19.9 Å². The number of hydrogen-bond donors (Lipinski definition) is 1. The van der Waals surface area contributed by atoms with Crippen LogP contribution in [0.3, 0.4) is 0 Å². The standard InChI is InChI=1S/C19H19FN4O2/c1-12-10-15(20)4-5-16(12)23-19(25)13(2)24-9-8-22-18(24)14-6-7-21-17(11-14)26-3/h4-11,13H,1-3H3,(H,23,25). The van der Waals surface area contributed by atoms with E-state index in [1.807, 2.05) is 0 Å². The van der Waals surface area contributed by atoms with Gasteiger partial charge in [0.05, 0.1) is 7.11 Å². The second-order valence-corrected chi connectivity index (χ2v) is 5.87. The number of nitrogens with zero attached hydrogens (tertiary/aromatic N) is 3. The molecular formula is C19H19FN4O2. The lowest BCUT2D eigenvalue weighted by molar-refractivity contribution is -0.118. The highest BCUT2D eigenvalue weighted by Gasteiger charge is 2.19. The largest absolute Gasteiger partial charge is 0.481 e. The Bertz CT molecular complexity index is 939. The molecule has 0 aliphatic rings. The van der Waals surface area contributed by atoms with Gasteiger partial charge < -0.3 is 14.6 Å². The van der Waals surface area contributed by atoms with Gasteiger partial charge in [-0.05, 0) is 43.7 Å². The lowest BCUT2D eigenvalue weighted by Crippen LogP contribution is -2.24. The summed E-state index contributed by atoms with van der Waals surface area (Å²) in [5.41, 5.74) is 2.03. The summed E-state index contributed by atoms with van der Waals surface area (Å²) in [5.74, 6) is 0.539. The van der Waals surface area contributed by atoms with Gasteiger partial charge in [0, 0.05) is 35.9 Å². The molecule has 3 aromatic rings. The van der Waals surface area contributed by atoms with E-state index in [0.717, 1.165) is 5.56 Å². The molecule has 2 aromatic heterocycles. The Labute approximate surface area is 150 Å². The fraction of sp³-hybridized carbons (Fsp3) is 0.211. The molecule has 0 aliphatic carbocycles. The monoisotopic (exact) mass is 354 g/mol. The summed E-state index contributed by atoms with van der Waals surface area (Å²) < 4.78 is 20.1. The second-order valence-electron chi connectivity index (χ2n) is 5.87. The molecule has 26 heavy (non-hydrogen) atoms. The molecule has 0 aliphatic heterocycles. The highest BCUT2D eigenvalue weighted by atomic mass is 19.1. The van der Waals surface area contributed by atoms with Gasteiger partial charge in [-0.1, -0.05) is 0 Å². The Morgan fingerprint density at radius 3 is 2.77 bits per heavy atom. The maximum atomic E-state index is 13.2. The zero-order chi connectivity index (χ0) is 18.7. The van der Waals surface area contributed by atoms with Gasteiger partial charge in [-0.2, -0.15) is 0 Å². The first kappa shape index (κ1) is 17.6. The highest BCUT2D eigenvalue weighted by molar-refractivity contribution is 5.94. The third-order valence-corrected chi connectivity index (χ3v) is 4.11. The summed E-state index contributed by atoms with van der Waals surface area (Å²) in [4.78, 5) is 21.1. The number of carbonyl (C=O) groups is 1. The highest BCUT2D eigenvalue weighted by Crippen LogP contribution is 2.24. The normalized spacial score (nSPS) is 11.8. The molecule has 1 N–H and O–H groups in total. The lowest BCUT2D eigenvalue weighted by Gasteiger charge is -2.17. The molecule has 1 atom stereocenters. The van der Waals surface area contributed by atoms with E-state index in [1.165, 1.54) is 12.1 Å². The number of nitrogens with one attached hydrogen (secondary N) is 1. The number of benzene rings is 1. The molecule has 1 unspecified atom stereocenters. The van der Waals surface area contributed by atoms with Crippen LogP contribution in [0, 0.1) is 12.7 Å². The Morgan fingerprint density at radius 2 is 2.04 bits per heavy atom. The fourth-order valence-corrected chi connectivity index (χ4v) is 2.64. The smallest absolute Gasteiger partial charge is 0.247 e. The van der Waals surface area contributed by atoms with Gasteiger partial charge in [0.25, 0.3) is 0 Å². The molecule has 0 radical (unpaired) electrons. The van der Waals surface area contributed by atoms with Crippen LogP contribution in [0.15, 0.2) is 48.9 Å². The predicted octanol–water partition coefficient (Wildman–Crippen LogP) is 3.60. The summed E-state index contributed by atoms with van der Waals surface area (Å²) in [6, 6.07) is 7.29. The first-order valence-corrected chi connectivity index (χ1v) is 8.10. The summed E-state index contributed by atoms with van der Waals surface area (Å²) in [7, 11) is 1.54. The number of rotatable bonds is 5. The second kappa shape index (κ2) is 7.35. The van der Waals surface area contributed by atoms with E-state index in [9.17, 15) is 9.18 Å². The SMILES string of the molecule is COc1cc(-c2nccn2C(C)C(=O)Nc2ccc(F)cc2C)ccn1. The van der Waals surface area contributed by atoms with E-state index in [0.29, 0.717) is 23.0 Å². The molecule has 1 aromatic carbocycles. The average molecular weight is 354 g/mol. The van der Waals surface area contributed by atoms with Gasteiger partial charge in [0.2, 0.25) is 11.8 Å². The van der Waals surface area contributed by atoms with Gasteiger partial charge in [0.15, 0.2) is 0 Å². The molecule has 0 saturated heterocycles. The van der Waals surface area contributed by atoms with Crippen LogP contribution in [-0.2, 0) is 4.79 Å². The average Bonchev–Trinajstić information content (AvgIpc) is 3.13. The molecule has 134 valence electrons. The molecule has 1 amide bonds. The van der Waals surface area contributed by atoms with Crippen molar-refractivity contribution in [1.82, 2.24) is 14.5 Å². The van der Waals surface area contributed by atoms with Crippen LogP contribution in [0.25, 0.3) is 11.4 Å². The molecule has 3 rings (SSSR count). The third-order valence-electron chi connectivity index (χ3n) is 4.11. The van der Waals surface area contributed by atoms with E-state index < -0.39 is 6.04 Å². The number of ether oxygens (including phenoxy) is 1. The number of methoxy groups -OCH3 is 1. The van der Waals surface area contributed by atoms with Crippen molar-refractivity contribution in [2.24, 2.45) is 0 Å². The van der Waals surface area contributed by atoms with Crippen molar-refractivity contribution in [3.05, 3.63) is 60.3 Å². The topological polar surface area (TPSA) is 69.0 Å². The summed E-state index contributed by atoms with van der Waals surface area (Å²) in [6.45, 7) is 3.52. The lowest BCUT2D eigenvalue weighted by atomic mass is 10.2. The maximum absolute atomic E-state index is 13.2. The number of hydrogen-bond acceptors (Lipinski definition) is 4. The van der Waals surface area contributed by atoms with E-state index >= 15 is 0 Å². The minimum atomic E-state index is -0.517. The van der Waals surface area contributed by atoms with Crippen molar-refractivity contribution in [1.29, 1.82) is 0 Å². The number of amides is 1. The minimum Gasteiger partial charge on any atom is -0.481 e. The van der Waals surface area contributed by atoms with E-state index in [1.54, 1.807) is 62.3 Å². The van der Waals surface area contributed by atoms with Crippen LogP contribution >= 0.6 is 0 Å². The fourth-order valence-electron chi connectivity index (χ4n) is 2.64. The van der Waals surface area contributed by atoms with Crippen molar-refractivity contribution in [2.75, 3.05) is 12.4 Å². The summed E-state index contributed by atoms with van der Waals surface area (Å²) >= 11 is 0. The van der Waals surface area contributed by atoms with Gasteiger partial charge >= 0.3 is 0 Å². The molecule has 7 heteroatoms. The van der Waals surface area contributed by atoms with Crippen molar-refractivity contribution in [3.63, 3.8) is 0 Å². The number of carbonyl (C=O) groups excluding carboxylic acids is 1. The zero-order valence-corrected chi connectivity index (χ0v) is 14.7. The molecule has 2 heterocycles. The van der Waals surface area contributed by atoms with Crippen LogP contribution in [-0.4, -0.2) is 27.6 Å². The van der Waals surface area contributed by atoms with Crippen molar-refractivity contribution < 1.29 is 13.9 Å². The third kappa shape index (κ3) is 3.56. The van der Waals surface area contributed by atoms with Gasteiger partial charge in [-0.15, -0.1) is 0 Å². The number of aryl methyl sites for hydroxylation is 1. The van der Waals surface area contributed by atoms with Crippen LogP contribution < -0.4 is 10.1 Å². The van der Waals surface area contributed by atoms with E-state index in [-0.39, 0.29) is 11.7 Å². The van der Waals surface area contributed by atoms with E-state index in [4.69, 9.17) is 4.74 Å². The summed E-state index contributed by atoms with van der Waals surface area (Å²) in [6.07, 6.45) is 5.00. The zero-order valence-electron chi connectivity index (χ0n) is 14.7. The first-order valence-electron chi connectivity index (χ1n) is 8.10. The van der Waals surface area contributed by atoms with E-state index in [2.05, 4.69) is 15.3 Å². The molecule has 0 bridgehead atoms. The van der Waals surface area contributed by atoms with Crippen LogP contribution in [0.1, 0.15) is 18.5 Å². The molecule has 0 spiro atoms. The Hall–Kier alpha value is -3.22. The van der Waals surface area contributed by atoms with Gasteiger partial charge in [-0.3, -0.25) is 4.79 Å². The Kier molecular flexibility index (Phi) is 4.97. The predicted molar refractivity (Wildman–Crippen MR) is 96.5 cm³/mol. The maximum Gasteiger partial charge on any atom is 0.247 e. The number of halogens is 1. The first-order chi connectivity index (χ1) is 12.5. The van der Waals surface area contributed by atoms with Crippen LogP contribution in [0.4, 0.5) is 10.1 Å². The number of anilines is 1. The van der Waals surface area contributed by atoms with Gasteiger partial charge in [0.1, 0.15) is 17.7 Å². The number of aromatic nitrogens is 3. The number of pyridine rings is 1. The van der Waals surface area contributed by atoms with Crippen molar-refractivity contribution in [3.8, 4) is 17.3 Å². The van der Waals surface area contributed by atoms with Crippen molar-refractivity contribution >= 4 is 11.6 Å². The molecule has 6 nitrogen and oxygen atoms in total. The molecular weight excluding hydrogens is 335 g/mol. The Balaban J connectivity index is 1.85. The minimum absolute atomic E-state index is 0.222. The van der Waals surface area contributed by atoms with Crippen LogP contribution in [0.2, 0.25) is 0 Å². The van der Waals surface area contributed by atoms with Gasteiger partial charge in [-0.25, -0.2) is 14.4 Å².